The van der Waals surface area contributed by atoms with Gasteiger partial charge in [-0.2, -0.15) is 0 Å². The maximum absolute atomic E-state index is 13.5. The molecule has 0 amide bonds. The lowest BCUT2D eigenvalue weighted by atomic mass is 10.0. The Bertz CT molecular complexity index is 1370. The Hall–Kier alpha value is -3.20. The predicted octanol–water partition coefficient (Wildman–Crippen LogP) is 3.16. The molecule has 8 nitrogen and oxygen atoms in total. The highest BCUT2D eigenvalue weighted by atomic mass is 35.5. The summed E-state index contributed by atoms with van der Waals surface area (Å²) >= 11 is 6.64. The van der Waals surface area contributed by atoms with Crippen molar-refractivity contribution in [3.8, 4) is 22.4 Å². The summed E-state index contributed by atoms with van der Waals surface area (Å²) in [4.78, 5) is 31.0. The van der Waals surface area contributed by atoms with Crippen molar-refractivity contribution < 1.29 is 5.11 Å². The quantitative estimate of drug-likeness (QED) is 0.432. The number of hydrogen-bond acceptors (Lipinski definition) is 7. The van der Waals surface area contributed by atoms with Crippen LogP contribution in [0.3, 0.4) is 0 Å². The summed E-state index contributed by atoms with van der Waals surface area (Å²) in [5.74, 6) is 0.547. The van der Waals surface area contributed by atoms with E-state index in [2.05, 4.69) is 25.3 Å². The number of pyridine rings is 1. The van der Waals surface area contributed by atoms with E-state index < -0.39 is 6.10 Å². The molecule has 0 spiro atoms. The smallest absolute Gasteiger partial charge is 0.260 e. The van der Waals surface area contributed by atoms with E-state index in [0.29, 0.717) is 45.2 Å². The molecule has 0 aliphatic carbocycles. The van der Waals surface area contributed by atoms with E-state index in [-0.39, 0.29) is 12.1 Å². The fourth-order valence-corrected chi connectivity index (χ4v) is 3.97. The van der Waals surface area contributed by atoms with Crippen molar-refractivity contribution in [2.24, 2.45) is 0 Å². The van der Waals surface area contributed by atoms with Gasteiger partial charge in [0.15, 0.2) is 0 Å². The van der Waals surface area contributed by atoms with E-state index in [1.54, 1.807) is 43.7 Å². The number of halogens is 1. The van der Waals surface area contributed by atoms with Crippen molar-refractivity contribution >= 4 is 22.6 Å². The van der Waals surface area contributed by atoms with E-state index in [1.807, 2.05) is 19.9 Å². The number of nitrogens with zero attached hydrogens (tertiary/aromatic N) is 5. The van der Waals surface area contributed by atoms with Crippen LogP contribution in [0, 0.1) is 13.8 Å². The van der Waals surface area contributed by atoms with Gasteiger partial charge in [-0.3, -0.25) is 14.3 Å². The molecule has 33 heavy (non-hydrogen) atoms. The zero-order chi connectivity index (χ0) is 23.5. The SMILES string of the molecule is CCNCC(O)Cn1c(=O)c(-c2ccc(-c3cncc(C)n3)cc2Cl)cc2cnc(C)nc21. The van der Waals surface area contributed by atoms with Crippen LogP contribution in [0.5, 0.6) is 0 Å². The minimum Gasteiger partial charge on any atom is -0.390 e. The molecular formula is C24H25ClN6O2. The van der Waals surface area contributed by atoms with Crippen LogP contribution >= 0.6 is 11.6 Å². The second-order valence-corrected chi connectivity index (χ2v) is 8.28. The highest BCUT2D eigenvalue weighted by molar-refractivity contribution is 6.33. The monoisotopic (exact) mass is 464 g/mol. The third-order valence-electron chi connectivity index (χ3n) is 5.28. The zero-order valence-electron chi connectivity index (χ0n) is 18.7. The van der Waals surface area contributed by atoms with Gasteiger partial charge in [0.1, 0.15) is 11.5 Å². The molecule has 1 aromatic carbocycles. The molecule has 0 bridgehead atoms. The number of benzene rings is 1. The van der Waals surface area contributed by atoms with Gasteiger partial charge in [-0.05, 0) is 32.5 Å². The van der Waals surface area contributed by atoms with E-state index in [9.17, 15) is 9.90 Å². The average Bonchev–Trinajstić information content (AvgIpc) is 2.80. The molecule has 1 atom stereocenters. The van der Waals surface area contributed by atoms with E-state index in [4.69, 9.17) is 11.6 Å². The molecule has 9 heteroatoms. The number of aliphatic hydroxyl groups is 1. The van der Waals surface area contributed by atoms with Gasteiger partial charge >= 0.3 is 0 Å². The number of aromatic nitrogens is 5. The molecule has 3 aromatic heterocycles. The number of hydrogen-bond donors (Lipinski definition) is 2. The Labute approximate surface area is 196 Å². The summed E-state index contributed by atoms with van der Waals surface area (Å²) in [6.07, 6.45) is 4.28. The average molecular weight is 465 g/mol. The molecule has 0 saturated heterocycles. The largest absolute Gasteiger partial charge is 0.390 e. The molecule has 0 fully saturated rings. The van der Waals surface area contributed by atoms with Gasteiger partial charge in [0.2, 0.25) is 0 Å². The van der Waals surface area contributed by atoms with Gasteiger partial charge in [-0.1, -0.05) is 30.7 Å². The van der Waals surface area contributed by atoms with Gasteiger partial charge in [0.25, 0.3) is 5.56 Å². The Morgan fingerprint density at radius 3 is 2.67 bits per heavy atom. The van der Waals surface area contributed by atoms with Crippen molar-refractivity contribution in [2.45, 2.75) is 33.4 Å². The Balaban J connectivity index is 1.83. The summed E-state index contributed by atoms with van der Waals surface area (Å²) in [5.41, 5.74) is 3.52. The third-order valence-corrected chi connectivity index (χ3v) is 5.59. The number of likely N-dealkylation sites (N-methyl/N-ethyl adjacent to an activating group) is 1. The second-order valence-electron chi connectivity index (χ2n) is 7.87. The van der Waals surface area contributed by atoms with Crippen LogP contribution in [0.2, 0.25) is 5.02 Å². The number of fused-ring (bicyclic) bond motifs is 1. The summed E-state index contributed by atoms with van der Waals surface area (Å²) in [6, 6.07) is 7.20. The molecule has 4 rings (SSSR count). The number of aryl methyl sites for hydroxylation is 2. The number of rotatable bonds is 7. The maximum Gasteiger partial charge on any atom is 0.260 e. The third kappa shape index (κ3) is 4.93. The van der Waals surface area contributed by atoms with Gasteiger partial charge in [-0.25, -0.2) is 15.0 Å². The van der Waals surface area contributed by atoms with Crippen molar-refractivity contribution in [1.29, 1.82) is 0 Å². The van der Waals surface area contributed by atoms with E-state index >= 15 is 0 Å². The Morgan fingerprint density at radius 2 is 1.94 bits per heavy atom. The molecule has 2 N–H and O–H groups in total. The van der Waals surface area contributed by atoms with Gasteiger partial charge in [0, 0.05) is 46.0 Å². The summed E-state index contributed by atoms with van der Waals surface area (Å²) in [6.45, 7) is 6.78. The van der Waals surface area contributed by atoms with E-state index in [1.165, 1.54) is 4.57 Å². The molecular weight excluding hydrogens is 440 g/mol. The lowest BCUT2D eigenvalue weighted by Gasteiger charge is -2.17. The Morgan fingerprint density at radius 1 is 1.12 bits per heavy atom. The minimum absolute atomic E-state index is 0.0984. The van der Waals surface area contributed by atoms with E-state index in [0.717, 1.165) is 17.8 Å². The van der Waals surface area contributed by atoms with Crippen LogP contribution in [-0.2, 0) is 6.54 Å². The molecule has 0 saturated carbocycles. The standard InChI is InChI=1S/C24H25ClN6O2/c1-4-26-11-18(32)13-31-23-17(10-28-15(3)30-23)7-20(24(31)33)19-6-5-16(8-21(19)25)22-12-27-9-14(2)29-22/h5-10,12,18,26,32H,4,11,13H2,1-3H3. The molecule has 3 heterocycles. The normalized spacial score (nSPS) is 12.3. The van der Waals surface area contributed by atoms with Crippen molar-refractivity contribution in [3.63, 3.8) is 0 Å². The van der Waals surface area contributed by atoms with Crippen LogP contribution in [0.4, 0.5) is 0 Å². The molecule has 4 aromatic rings. The predicted molar refractivity (Wildman–Crippen MR) is 129 cm³/mol. The molecule has 0 radical (unpaired) electrons. The molecule has 1 unspecified atom stereocenters. The summed E-state index contributed by atoms with van der Waals surface area (Å²) in [7, 11) is 0. The van der Waals surface area contributed by atoms with Crippen LogP contribution in [-0.4, -0.2) is 48.8 Å². The highest BCUT2D eigenvalue weighted by Gasteiger charge is 2.18. The van der Waals surface area contributed by atoms with Gasteiger partial charge < -0.3 is 10.4 Å². The highest BCUT2D eigenvalue weighted by Crippen LogP contribution is 2.31. The number of nitrogens with one attached hydrogen (secondary N) is 1. The van der Waals surface area contributed by atoms with Gasteiger partial charge in [-0.15, -0.1) is 0 Å². The molecule has 0 aliphatic rings. The fraction of sp³-hybridized carbons (Fsp3) is 0.292. The van der Waals surface area contributed by atoms with Crippen molar-refractivity contribution in [2.75, 3.05) is 13.1 Å². The number of aliphatic hydroxyl groups excluding tert-OH is 1. The summed E-state index contributed by atoms with van der Waals surface area (Å²) < 4.78 is 1.50. The van der Waals surface area contributed by atoms with Gasteiger partial charge in [0.05, 0.1) is 30.2 Å². The minimum atomic E-state index is -0.755. The Kier molecular flexibility index (Phi) is 6.78. The van der Waals surface area contributed by atoms with Crippen LogP contribution in [0.1, 0.15) is 18.4 Å². The zero-order valence-corrected chi connectivity index (χ0v) is 19.5. The molecule has 0 aliphatic heterocycles. The van der Waals surface area contributed by atoms with Crippen LogP contribution in [0.15, 0.2) is 47.7 Å². The lowest BCUT2D eigenvalue weighted by molar-refractivity contribution is 0.152. The van der Waals surface area contributed by atoms with Crippen molar-refractivity contribution in [1.82, 2.24) is 29.8 Å². The fourth-order valence-electron chi connectivity index (χ4n) is 3.69. The maximum atomic E-state index is 13.5. The molecule has 170 valence electrons. The topological polar surface area (TPSA) is 106 Å². The summed E-state index contributed by atoms with van der Waals surface area (Å²) in [5, 5.41) is 14.7. The second kappa shape index (κ2) is 9.74. The van der Waals surface area contributed by atoms with Crippen LogP contribution < -0.4 is 10.9 Å². The first kappa shape index (κ1) is 23.0. The lowest BCUT2D eigenvalue weighted by Crippen LogP contribution is -2.34. The van der Waals surface area contributed by atoms with Crippen LogP contribution in [0.25, 0.3) is 33.4 Å². The first-order valence-electron chi connectivity index (χ1n) is 10.7. The van der Waals surface area contributed by atoms with Crippen molar-refractivity contribution in [3.05, 3.63) is 69.8 Å². The first-order chi connectivity index (χ1) is 15.9. The first-order valence-corrected chi connectivity index (χ1v) is 11.1.